The maximum atomic E-state index is 12.3. The minimum atomic E-state index is -0.835. The van der Waals surface area contributed by atoms with E-state index in [1.165, 1.54) is 12.8 Å². The summed E-state index contributed by atoms with van der Waals surface area (Å²) in [6, 6.07) is 4.08. The van der Waals surface area contributed by atoms with Gasteiger partial charge in [0.15, 0.2) is 0 Å². The second-order valence-corrected chi connectivity index (χ2v) is 8.97. The second kappa shape index (κ2) is 7.95. The number of nitrogens with zero attached hydrogens (tertiary/aromatic N) is 3. The first kappa shape index (κ1) is 19.6. The van der Waals surface area contributed by atoms with E-state index in [0.717, 1.165) is 50.8 Å². The maximum Gasteiger partial charge on any atom is 0.267 e. The van der Waals surface area contributed by atoms with Crippen molar-refractivity contribution in [3.05, 3.63) is 28.2 Å². The van der Waals surface area contributed by atoms with Crippen molar-refractivity contribution in [2.75, 3.05) is 19.6 Å². The quantitative estimate of drug-likeness (QED) is 0.799. The zero-order valence-corrected chi connectivity index (χ0v) is 16.8. The summed E-state index contributed by atoms with van der Waals surface area (Å²) in [5.74, 6) is 0.584. The molecule has 1 aromatic rings. The number of β-amino-alcohol motifs (C(OH)–C–C–N with tert-alkyl or cyclic N) is 1. The fraction of sp³-hybridized carbons (Fsp3) is 0.762. The van der Waals surface area contributed by atoms with Gasteiger partial charge in [0.2, 0.25) is 5.91 Å². The van der Waals surface area contributed by atoms with Crippen molar-refractivity contribution in [2.24, 2.45) is 0 Å². The number of carbonyl (C=O) groups excluding carboxylic acids is 1. The van der Waals surface area contributed by atoms with E-state index in [0.29, 0.717) is 25.0 Å². The minimum Gasteiger partial charge on any atom is -0.387 e. The molecule has 0 bridgehead atoms. The lowest BCUT2D eigenvalue weighted by Crippen LogP contribution is -2.56. The first-order chi connectivity index (χ1) is 13.4. The summed E-state index contributed by atoms with van der Waals surface area (Å²) in [5, 5.41) is 19.0. The van der Waals surface area contributed by atoms with E-state index in [1.54, 1.807) is 22.6 Å². The highest BCUT2D eigenvalue weighted by atomic mass is 16.3. The van der Waals surface area contributed by atoms with Crippen molar-refractivity contribution in [3.8, 4) is 0 Å². The van der Waals surface area contributed by atoms with Gasteiger partial charge in [0.05, 0.1) is 23.9 Å². The van der Waals surface area contributed by atoms with Gasteiger partial charge in [-0.1, -0.05) is 0 Å². The number of amides is 1. The van der Waals surface area contributed by atoms with Crippen molar-refractivity contribution in [1.29, 1.82) is 0 Å². The van der Waals surface area contributed by atoms with E-state index in [1.807, 2.05) is 6.07 Å². The third-order valence-electron chi connectivity index (χ3n) is 6.60. The molecule has 28 heavy (non-hydrogen) atoms. The Morgan fingerprint density at radius 1 is 1.25 bits per heavy atom. The van der Waals surface area contributed by atoms with E-state index in [-0.39, 0.29) is 17.5 Å². The predicted molar refractivity (Wildman–Crippen MR) is 106 cm³/mol. The number of likely N-dealkylation sites (tertiary alicyclic amines) is 1. The minimum absolute atomic E-state index is 0.00153. The first-order valence-corrected chi connectivity index (χ1v) is 10.7. The molecule has 2 N–H and O–H groups in total. The molecule has 2 saturated carbocycles. The lowest BCUT2D eigenvalue weighted by atomic mass is 9.89. The molecule has 154 valence electrons. The molecule has 2 heterocycles. The molecule has 1 aliphatic heterocycles. The van der Waals surface area contributed by atoms with E-state index in [9.17, 15) is 14.7 Å². The Balaban J connectivity index is 1.29. The molecule has 0 radical (unpaired) electrons. The van der Waals surface area contributed by atoms with Gasteiger partial charge in [-0.15, -0.1) is 0 Å². The molecule has 1 saturated heterocycles. The van der Waals surface area contributed by atoms with E-state index in [4.69, 9.17) is 0 Å². The largest absolute Gasteiger partial charge is 0.387 e. The normalized spacial score (nSPS) is 31.0. The third kappa shape index (κ3) is 4.46. The lowest BCUT2D eigenvalue weighted by Gasteiger charge is -2.40. The first-order valence-electron chi connectivity index (χ1n) is 10.7. The Hall–Kier alpha value is -1.73. The zero-order valence-electron chi connectivity index (χ0n) is 16.8. The van der Waals surface area contributed by atoms with Gasteiger partial charge in [0, 0.05) is 38.0 Å². The summed E-state index contributed by atoms with van der Waals surface area (Å²) in [6.45, 7) is 3.23. The zero-order chi connectivity index (χ0) is 19.7. The van der Waals surface area contributed by atoms with Gasteiger partial charge in [-0.25, -0.2) is 4.68 Å². The Kier molecular flexibility index (Phi) is 5.56. The number of hydrogen-bond donors (Lipinski definition) is 2. The number of nitrogens with one attached hydrogen (secondary N) is 1. The molecule has 0 aromatic carbocycles. The smallest absolute Gasteiger partial charge is 0.267 e. The number of carbonyl (C=O) groups is 1. The highest BCUT2D eigenvalue weighted by Gasteiger charge is 2.35. The number of aromatic nitrogens is 2. The van der Waals surface area contributed by atoms with Crippen molar-refractivity contribution in [1.82, 2.24) is 20.0 Å². The van der Waals surface area contributed by atoms with Crippen LogP contribution < -0.4 is 10.9 Å². The van der Waals surface area contributed by atoms with Crippen LogP contribution in [0.25, 0.3) is 0 Å². The average Bonchev–Trinajstić information content (AvgIpc) is 3.53. The van der Waals surface area contributed by atoms with Crippen molar-refractivity contribution < 1.29 is 9.90 Å². The van der Waals surface area contributed by atoms with Crippen LogP contribution in [0.1, 0.15) is 75.9 Å². The second-order valence-electron chi connectivity index (χ2n) is 8.97. The van der Waals surface area contributed by atoms with E-state index in [2.05, 4.69) is 10.4 Å². The molecule has 1 unspecified atom stereocenters. The van der Waals surface area contributed by atoms with Gasteiger partial charge in [-0.3, -0.25) is 9.59 Å². The van der Waals surface area contributed by atoms with Crippen LogP contribution in [0, 0.1) is 0 Å². The van der Waals surface area contributed by atoms with Crippen LogP contribution >= 0.6 is 0 Å². The molecule has 1 atom stereocenters. The van der Waals surface area contributed by atoms with Crippen LogP contribution in [0.5, 0.6) is 0 Å². The summed E-state index contributed by atoms with van der Waals surface area (Å²) >= 11 is 0. The standard InChI is InChI=1S/C21H32N4O3/c1-15(26)24-12-2-11-21(28,14-24)13-22-17-5-7-18(8-6-17)25-20(27)10-9-19(23-25)16-3-4-16/h9-10,16-18,22,28H,2-8,11-14H2,1H3. The molecule has 4 rings (SSSR count). The molecule has 7 heteroatoms. The van der Waals surface area contributed by atoms with Gasteiger partial charge in [-0.2, -0.15) is 5.10 Å². The third-order valence-corrected chi connectivity index (χ3v) is 6.60. The average molecular weight is 389 g/mol. The topological polar surface area (TPSA) is 87.5 Å². The molecular weight excluding hydrogens is 356 g/mol. The highest BCUT2D eigenvalue weighted by Crippen LogP contribution is 2.38. The summed E-state index contributed by atoms with van der Waals surface area (Å²) in [5.41, 5.74) is 0.230. The van der Waals surface area contributed by atoms with Gasteiger partial charge < -0.3 is 15.3 Å². The van der Waals surface area contributed by atoms with Gasteiger partial charge in [0.25, 0.3) is 5.56 Å². The van der Waals surface area contributed by atoms with Crippen molar-refractivity contribution >= 4 is 5.91 Å². The highest BCUT2D eigenvalue weighted by molar-refractivity contribution is 5.73. The molecule has 3 fully saturated rings. The molecule has 7 nitrogen and oxygen atoms in total. The maximum absolute atomic E-state index is 12.3. The predicted octanol–water partition coefficient (Wildman–Crippen LogP) is 1.57. The number of rotatable bonds is 5. The monoisotopic (exact) mass is 388 g/mol. The van der Waals surface area contributed by atoms with Crippen molar-refractivity contribution in [3.63, 3.8) is 0 Å². The SMILES string of the molecule is CC(=O)N1CCCC(O)(CNC2CCC(n3nc(C4CC4)ccc3=O)CC2)C1. The Bertz CT molecular complexity index is 767. The summed E-state index contributed by atoms with van der Waals surface area (Å²) in [7, 11) is 0. The van der Waals surface area contributed by atoms with Crippen molar-refractivity contribution in [2.45, 2.75) is 81.9 Å². The van der Waals surface area contributed by atoms with E-state index < -0.39 is 5.60 Å². The fourth-order valence-corrected chi connectivity index (χ4v) is 4.68. The molecule has 3 aliphatic rings. The summed E-state index contributed by atoms with van der Waals surface area (Å²) < 4.78 is 1.71. The van der Waals surface area contributed by atoms with Crippen LogP contribution in [-0.2, 0) is 4.79 Å². The summed E-state index contributed by atoms with van der Waals surface area (Å²) in [6.07, 6.45) is 7.74. The summed E-state index contributed by atoms with van der Waals surface area (Å²) in [4.78, 5) is 25.6. The molecule has 0 spiro atoms. The van der Waals surface area contributed by atoms with Crippen LogP contribution in [0.4, 0.5) is 0 Å². The van der Waals surface area contributed by atoms with E-state index >= 15 is 0 Å². The molecular formula is C21H32N4O3. The van der Waals surface area contributed by atoms with Crippen LogP contribution in [0.15, 0.2) is 16.9 Å². The van der Waals surface area contributed by atoms with Gasteiger partial charge in [0.1, 0.15) is 0 Å². The van der Waals surface area contributed by atoms with Crippen LogP contribution in [0.2, 0.25) is 0 Å². The van der Waals surface area contributed by atoms with Gasteiger partial charge >= 0.3 is 0 Å². The lowest BCUT2D eigenvalue weighted by molar-refractivity contribution is -0.135. The number of hydrogen-bond acceptors (Lipinski definition) is 5. The number of aliphatic hydroxyl groups is 1. The van der Waals surface area contributed by atoms with Crippen LogP contribution in [-0.4, -0.2) is 57.0 Å². The molecule has 1 amide bonds. The fourth-order valence-electron chi connectivity index (χ4n) is 4.68. The Labute approximate surface area is 166 Å². The molecule has 2 aliphatic carbocycles. The van der Waals surface area contributed by atoms with Gasteiger partial charge in [-0.05, 0) is 57.4 Å². The Morgan fingerprint density at radius 2 is 2.00 bits per heavy atom. The Morgan fingerprint density at radius 3 is 2.68 bits per heavy atom. The van der Waals surface area contributed by atoms with Crippen LogP contribution in [0.3, 0.4) is 0 Å². The molecule has 1 aromatic heterocycles. The number of piperidine rings is 1.